The molecule has 0 bridgehead atoms. The predicted molar refractivity (Wildman–Crippen MR) is 76.4 cm³/mol. The first kappa shape index (κ1) is 14.3. The van der Waals surface area contributed by atoms with Crippen LogP contribution in [0, 0.1) is 0 Å². The van der Waals surface area contributed by atoms with Gasteiger partial charge in [0, 0.05) is 15.9 Å². The molecule has 1 aliphatic rings. The van der Waals surface area contributed by atoms with E-state index in [0.29, 0.717) is 4.47 Å². The summed E-state index contributed by atoms with van der Waals surface area (Å²) in [7, 11) is -3.50. The summed E-state index contributed by atoms with van der Waals surface area (Å²) in [5.74, 6) is 0. The number of nitrogens with one attached hydrogen (secondary N) is 1. The fourth-order valence-corrected chi connectivity index (χ4v) is 4.88. The normalized spacial score (nSPS) is 25.0. The molecule has 1 saturated carbocycles. The molecule has 18 heavy (non-hydrogen) atoms. The zero-order valence-electron chi connectivity index (χ0n) is 9.77. The predicted octanol–water partition coefficient (Wildman–Crippen LogP) is 3.28. The van der Waals surface area contributed by atoms with Crippen LogP contribution in [0.25, 0.3) is 0 Å². The van der Waals surface area contributed by atoms with Crippen LogP contribution in [0.2, 0.25) is 0 Å². The van der Waals surface area contributed by atoms with Gasteiger partial charge in [0.2, 0.25) is 10.0 Å². The highest BCUT2D eigenvalue weighted by atomic mass is 79.9. The lowest BCUT2D eigenvalue weighted by Gasteiger charge is -2.27. The van der Waals surface area contributed by atoms with E-state index < -0.39 is 10.0 Å². The van der Waals surface area contributed by atoms with Crippen molar-refractivity contribution in [3.8, 4) is 0 Å². The number of halogens is 2. The number of sulfonamides is 1. The van der Waals surface area contributed by atoms with Crippen LogP contribution >= 0.6 is 27.5 Å². The summed E-state index contributed by atoms with van der Waals surface area (Å²) in [5.41, 5.74) is 0. The van der Waals surface area contributed by atoms with Crippen molar-refractivity contribution in [3.05, 3.63) is 28.7 Å². The van der Waals surface area contributed by atoms with Crippen molar-refractivity contribution in [2.75, 3.05) is 0 Å². The van der Waals surface area contributed by atoms with E-state index in [1.807, 2.05) is 0 Å². The maximum atomic E-state index is 12.3. The zero-order chi connectivity index (χ0) is 13.2. The van der Waals surface area contributed by atoms with E-state index in [-0.39, 0.29) is 16.3 Å². The molecule has 1 fully saturated rings. The molecule has 100 valence electrons. The van der Waals surface area contributed by atoms with E-state index in [0.717, 1.165) is 25.7 Å². The smallest absolute Gasteiger partial charge is 0.207 e. The molecule has 0 amide bonds. The molecule has 1 N–H and O–H groups in total. The number of alkyl halides is 1. The second-order valence-corrected chi connectivity index (χ2v) is 7.56. The molecule has 0 aliphatic heterocycles. The third kappa shape index (κ3) is 3.26. The largest absolute Gasteiger partial charge is 0.241 e. The molecule has 0 radical (unpaired) electrons. The van der Waals surface area contributed by atoms with Crippen LogP contribution in [-0.4, -0.2) is 19.8 Å². The Balaban J connectivity index is 2.19. The Morgan fingerprint density at radius 1 is 1.22 bits per heavy atom. The lowest BCUT2D eigenvalue weighted by Crippen LogP contribution is -2.42. The number of hydrogen-bond acceptors (Lipinski definition) is 2. The van der Waals surface area contributed by atoms with E-state index in [2.05, 4.69) is 20.7 Å². The van der Waals surface area contributed by atoms with E-state index in [9.17, 15) is 8.42 Å². The quantitative estimate of drug-likeness (QED) is 0.849. The third-order valence-electron chi connectivity index (χ3n) is 3.11. The fourth-order valence-electron chi connectivity index (χ4n) is 2.14. The van der Waals surface area contributed by atoms with Crippen molar-refractivity contribution in [1.29, 1.82) is 0 Å². The molecule has 2 unspecified atom stereocenters. The summed E-state index contributed by atoms with van der Waals surface area (Å²) in [4.78, 5) is 0.263. The van der Waals surface area contributed by atoms with Gasteiger partial charge in [-0.25, -0.2) is 13.1 Å². The van der Waals surface area contributed by atoms with Gasteiger partial charge in [-0.1, -0.05) is 25.0 Å². The van der Waals surface area contributed by atoms with Crippen molar-refractivity contribution >= 4 is 37.6 Å². The summed E-state index contributed by atoms with van der Waals surface area (Å²) >= 11 is 9.44. The van der Waals surface area contributed by atoms with E-state index in [4.69, 9.17) is 11.6 Å². The molecule has 6 heteroatoms. The van der Waals surface area contributed by atoms with E-state index >= 15 is 0 Å². The molecule has 1 aromatic carbocycles. The standard InChI is InChI=1S/C12H15BrClNO2S/c13-9-5-1-4-8-12(9)18(16,17)15-11-7-3-2-6-10(11)14/h1,4-5,8,10-11,15H,2-3,6-7H2. The lowest BCUT2D eigenvalue weighted by molar-refractivity contribution is 0.418. The van der Waals surface area contributed by atoms with Crippen molar-refractivity contribution in [3.63, 3.8) is 0 Å². The van der Waals surface area contributed by atoms with Crippen LogP contribution in [0.15, 0.2) is 33.6 Å². The third-order valence-corrected chi connectivity index (χ3v) is 6.14. The van der Waals surface area contributed by atoms with Crippen LogP contribution in [0.3, 0.4) is 0 Å². The highest BCUT2D eigenvalue weighted by Crippen LogP contribution is 2.26. The molecule has 0 aromatic heterocycles. The Hall–Kier alpha value is -0.100. The first-order chi connectivity index (χ1) is 8.50. The molecule has 2 rings (SSSR count). The van der Waals surface area contributed by atoms with Crippen LogP contribution < -0.4 is 4.72 Å². The van der Waals surface area contributed by atoms with Gasteiger partial charge < -0.3 is 0 Å². The molecule has 1 aliphatic carbocycles. The van der Waals surface area contributed by atoms with Crippen molar-refractivity contribution in [2.45, 2.75) is 42.0 Å². The Bertz CT molecular complexity index is 521. The van der Waals surface area contributed by atoms with Crippen molar-refractivity contribution in [2.24, 2.45) is 0 Å². The average molecular weight is 353 g/mol. The Morgan fingerprint density at radius 2 is 1.89 bits per heavy atom. The second-order valence-electron chi connectivity index (χ2n) is 4.46. The number of benzene rings is 1. The summed E-state index contributed by atoms with van der Waals surface area (Å²) in [5, 5.41) is -0.115. The second kappa shape index (κ2) is 5.90. The van der Waals surface area contributed by atoms with Gasteiger partial charge in [0.25, 0.3) is 0 Å². The van der Waals surface area contributed by atoms with Gasteiger partial charge in [-0.3, -0.25) is 0 Å². The Kier molecular flexibility index (Phi) is 4.69. The topological polar surface area (TPSA) is 46.2 Å². The Morgan fingerprint density at radius 3 is 2.56 bits per heavy atom. The molecule has 0 spiro atoms. The summed E-state index contributed by atoms with van der Waals surface area (Å²) in [6.07, 6.45) is 3.76. The summed E-state index contributed by atoms with van der Waals surface area (Å²) < 4.78 is 27.8. The van der Waals surface area contributed by atoms with Crippen LogP contribution in [0.5, 0.6) is 0 Å². The van der Waals surface area contributed by atoms with Gasteiger partial charge in [-0.2, -0.15) is 0 Å². The van der Waals surface area contributed by atoms with Gasteiger partial charge in [0.05, 0.1) is 4.90 Å². The highest BCUT2D eigenvalue weighted by molar-refractivity contribution is 9.10. The zero-order valence-corrected chi connectivity index (χ0v) is 12.9. The molecule has 1 aromatic rings. The Labute approximate surface area is 121 Å². The average Bonchev–Trinajstić information content (AvgIpc) is 2.32. The first-order valence-corrected chi connectivity index (χ1v) is 8.63. The minimum atomic E-state index is -3.50. The summed E-state index contributed by atoms with van der Waals surface area (Å²) in [6.45, 7) is 0. The lowest BCUT2D eigenvalue weighted by atomic mass is 9.96. The minimum absolute atomic E-state index is 0.115. The van der Waals surface area contributed by atoms with Gasteiger partial charge in [0.15, 0.2) is 0 Å². The molecule has 2 atom stereocenters. The maximum Gasteiger partial charge on any atom is 0.241 e. The first-order valence-electron chi connectivity index (χ1n) is 5.91. The molecular formula is C12H15BrClNO2S. The van der Waals surface area contributed by atoms with E-state index in [1.165, 1.54) is 0 Å². The summed E-state index contributed by atoms with van der Waals surface area (Å²) in [6, 6.07) is 6.62. The van der Waals surface area contributed by atoms with Gasteiger partial charge in [0.1, 0.15) is 0 Å². The fraction of sp³-hybridized carbons (Fsp3) is 0.500. The highest BCUT2D eigenvalue weighted by Gasteiger charge is 2.28. The minimum Gasteiger partial charge on any atom is -0.207 e. The SMILES string of the molecule is O=S(=O)(NC1CCCCC1Cl)c1ccccc1Br. The molecule has 3 nitrogen and oxygen atoms in total. The van der Waals surface area contributed by atoms with Crippen molar-refractivity contribution < 1.29 is 8.42 Å². The van der Waals surface area contributed by atoms with Crippen LogP contribution in [0.1, 0.15) is 25.7 Å². The van der Waals surface area contributed by atoms with Crippen LogP contribution in [-0.2, 0) is 10.0 Å². The monoisotopic (exact) mass is 351 g/mol. The van der Waals surface area contributed by atoms with Gasteiger partial charge in [-0.05, 0) is 40.9 Å². The van der Waals surface area contributed by atoms with Gasteiger partial charge in [-0.15, -0.1) is 11.6 Å². The molecule has 0 heterocycles. The number of rotatable bonds is 3. The number of hydrogen-bond donors (Lipinski definition) is 1. The maximum absolute atomic E-state index is 12.3. The van der Waals surface area contributed by atoms with Gasteiger partial charge >= 0.3 is 0 Å². The van der Waals surface area contributed by atoms with Crippen molar-refractivity contribution in [1.82, 2.24) is 4.72 Å². The van der Waals surface area contributed by atoms with E-state index in [1.54, 1.807) is 24.3 Å². The van der Waals surface area contributed by atoms with Crippen LogP contribution in [0.4, 0.5) is 0 Å². The molecule has 0 saturated heterocycles. The molecular weight excluding hydrogens is 338 g/mol.